The molecule has 0 saturated heterocycles. The fourth-order valence-electron chi connectivity index (χ4n) is 0.836. The van der Waals surface area contributed by atoms with Gasteiger partial charge in [0.15, 0.2) is 0 Å². The number of hydrogen-bond acceptors (Lipinski definition) is 3. The van der Waals surface area contributed by atoms with Gasteiger partial charge in [0, 0.05) is 23.2 Å². The Morgan fingerprint density at radius 1 is 1.40 bits per heavy atom. The summed E-state index contributed by atoms with van der Waals surface area (Å²) >= 11 is 0. The SMILES string of the molecule is CCCCOCCS(=O)C(C)(C)C(=O)O. The topological polar surface area (TPSA) is 63.6 Å². The Labute approximate surface area is 93.5 Å². The Balaban J connectivity index is 3.79. The summed E-state index contributed by atoms with van der Waals surface area (Å²) < 4.78 is 15.6. The van der Waals surface area contributed by atoms with Crippen molar-refractivity contribution in [1.82, 2.24) is 0 Å². The third-order valence-corrected chi connectivity index (χ3v) is 3.99. The Kier molecular flexibility index (Phi) is 6.76. The van der Waals surface area contributed by atoms with Crippen LogP contribution in [-0.2, 0) is 20.3 Å². The summed E-state index contributed by atoms with van der Waals surface area (Å²) in [5.41, 5.74) is 0. The third kappa shape index (κ3) is 5.28. The van der Waals surface area contributed by atoms with Crippen LogP contribution in [0.25, 0.3) is 0 Å². The highest BCUT2D eigenvalue weighted by Gasteiger charge is 2.33. The molecule has 1 atom stereocenters. The highest BCUT2D eigenvalue weighted by Crippen LogP contribution is 2.13. The molecule has 0 saturated carbocycles. The molecule has 0 aliphatic rings. The van der Waals surface area contributed by atoms with E-state index in [2.05, 4.69) is 6.92 Å². The fourth-order valence-corrected chi connectivity index (χ4v) is 1.81. The van der Waals surface area contributed by atoms with Crippen LogP contribution in [0.4, 0.5) is 0 Å². The van der Waals surface area contributed by atoms with Crippen molar-refractivity contribution >= 4 is 16.8 Å². The lowest BCUT2D eigenvalue weighted by atomic mass is 10.2. The first-order chi connectivity index (χ1) is 6.92. The summed E-state index contributed by atoms with van der Waals surface area (Å²) in [5, 5.41) is 8.82. The van der Waals surface area contributed by atoms with Crippen LogP contribution in [-0.4, -0.2) is 39.0 Å². The van der Waals surface area contributed by atoms with E-state index in [4.69, 9.17) is 9.84 Å². The lowest BCUT2D eigenvalue weighted by Crippen LogP contribution is -2.38. The van der Waals surface area contributed by atoms with E-state index in [-0.39, 0.29) is 5.75 Å². The fraction of sp³-hybridized carbons (Fsp3) is 0.900. The number of aliphatic carboxylic acids is 1. The first kappa shape index (κ1) is 14.6. The first-order valence-electron chi connectivity index (χ1n) is 5.12. The van der Waals surface area contributed by atoms with Crippen LogP contribution in [0.1, 0.15) is 33.6 Å². The van der Waals surface area contributed by atoms with Crippen LogP contribution in [0.3, 0.4) is 0 Å². The zero-order valence-corrected chi connectivity index (χ0v) is 10.4. The molecule has 0 radical (unpaired) electrons. The predicted molar refractivity (Wildman–Crippen MR) is 60.5 cm³/mol. The van der Waals surface area contributed by atoms with Crippen molar-refractivity contribution in [3.8, 4) is 0 Å². The number of carboxylic acid groups (broad SMARTS) is 1. The molecule has 0 aromatic carbocycles. The van der Waals surface area contributed by atoms with E-state index in [1.54, 1.807) is 0 Å². The minimum absolute atomic E-state index is 0.281. The van der Waals surface area contributed by atoms with Crippen molar-refractivity contribution in [2.24, 2.45) is 0 Å². The van der Waals surface area contributed by atoms with E-state index < -0.39 is 21.5 Å². The van der Waals surface area contributed by atoms with Gasteiger partial charge in [-0.15, -0.1) is 0 Å². The molecule has 0 heterocycles. The molecule has 0 aromatic heterocycles. The summed E-state index contributed by atoms with van der Waals surface area (Å²) in [6.07, 6.45) is 2.04. The van der Waals surface area contributed by atoms with Crippen LogP contribution in [0.5, 0.6) is 0 Å². The molecule has 5 heteroatoms. The van der Waals surface area contributed by atoms with Crippen LogP contribution in [0, 0.1) is 0 Å². The Bertz CT molecular complexity index is 225. The maximum atomic E-state index is 11.6. The average molecular weight is 236 g/mol. The Morgan fingerprint density at radius 3 is 2.47 bits per heavy atom. The molecule has 0 rings (SSSR count). The van der Waals surface area contributed by atoms with Crippen molar-refractivity contribution in [1.29, 1.82) is 0 Å². The van der Waals surface area contributed by atoms with Gasteiger partial charge in [-0.2, -0.15) is 0 Å². The van der Waals surface area contributed by atoms with Crippen molar-refractivity contribution in [2.75, 3.05) is 19.0 Å². The molecule has 0 aliphatic heterocycles. The lowest BCUT2D eigenvalue weighted by molar-refractivity contribution is -0.139. The molecule has 0 aromatic rings. The molecule has 0 fully saturated rings. The van der Waals surface area contributed by atoms with Crippen LogP contribution >= 0.6 is 0 Å². The molecule has 0 amide bonds. The van der Waals surface area contributed by atoms with E-state index in [1.165, 1.54) is 13.8 Å². The summed E-state index contributed by atoms with van der Waals surface area (Å²) in [6, 6.07) is 0. The Morgan fingerprint density at radius 2 is 2.00 bits per heavy atom. The number of carbonyl (C=O) groups is 1. The Hall–Kier alpha value is -0.420. The molecule has 1 unspecified atom stereocenters. The van der Waals surface area contributed by atoms with Gasteiger partial charge >= 0.3 is 5.97 Å². The van der Waals surface area contributed by atoms with Gasteiger partial charge in [-0.25, -0.2) is 0 Å². The highest BCUT2D eigenvalue weighted by atomic mass is 32.2. The van der Waals surface area contributed by atoms with Gasteiger partial charge in [0.25, 0.3) is 0 Å². The molecule has 0 spiro atoms. The summed E-state index contributed by atoms with van der Waals surface area (Å²) in [5.74, 6) is -0.752. The second-order valence-electron chi connectivity index (χ2n) is 3.83. The van der Waals surface area contributed by atoms with Crippen LogP contribution in [0.2, 0.25) is 0 Å². The third-order valence-electron chi connectivity index (χ3n) is 2.14. The number of carboxylic acids is 1. The maximum absolute atomic E-state index is 11.6. The first-order valence-corrected chi connectivity index (χ1v) is 6.44. The van der Waals surface area contributed by atoms with Gasteiger partial charge in [-0.3, -0.25) is 9.00 Å². The van der Waals surface area contributed by atoms with E-state index in [0.29, 0.717) is 13.2 Å². The summed E-state index contributed by atoms with van der Waals surface area (Å²) in [6.45, 7) is 6.02. The number of ether oxygens (including phenoxy) is 1. The monoisotopic (exact) mass is 236 g/mol. The van der Waals surface area contributed by atoms with Crippen LogP contribution in [0.15, 0.2) is 0 Å². The van der Waals surface area contributed by atoms with Gasteiger partial charge in [-0.05, 0) is 20.3 Å². The zero-order valence-electron chi connectivity index (χ0n) is 9.62. The van der Waals surface area contributed by atoms with E-state index in [0.717, 1.165) is 12.8 Å². The normalized spacial score (nSPS) is 13.8. The van der Waals surface area contributed by atoms with E-state index in [1.807, 2.05) is 0 Å². The van der Waals surface area contributed by atoms with Gasteiger partial charge in [0.05, 0.1) is 6.61 Å². The number of rotatable bonds is 8. The van der Waals surface area contributed by atoms with Crippen molar-refractivity contribution in [3.05, 3.63) is 0 Å². The highest BCUT2D eigenvalue weighted by molar-refractivity contribution is 7.87. The standard InChI is InChI=1S/C10H20O4S/c1-4-5-6-14-7-8-15(13)10(2,3)9(11)12/h4-8H2,1-3H3,(H,11,12). The molecule has 0 bridgehead atoms. The molecule has 1 N–H and O–H groups in total. The smallest absolute Gasteiger partial charge is 0.321 e. The largest absolute Gasteiger partial charge is 0.480 e. The van der Waals surface area contributed by atoms with Gasteiger partial charge in [-0.1, -0.05) is 13.3 Å². The maximum Gasteiger partial charge on any atom is 0.321 e. The molecule has 15 heavy (non-hydrogen) atoms. The second kappa shape index (κ2) is 6.95. The molecular weight excluding hydrogens is 216 g/mol. The molecular formula is C10H20O4S. The van der Waals surface area contributed by atoms with Crippen molar-refractivity contribution in [2.45, 2.75) is 38.4 Å². The van der Waals surface area contributed by atoms with Crippen molar-refractivity contribution in [3.63, 3.8) is 0 Å². The minimum Gasteiger partial charge on any atom is -0.480 e. The molecule has 0 aliphatic carbocycles. The molecule has 4 nitrogen and oxygen atoms in total. The lowest BCUT2D eigenvalue weighted by Gasteiger charge is -2.18. The zero-order chi connectivity index (χ0) is 11.9. The van der Waals surface area contributed by atoms with Crippen molar-refractivity contribution < 1.29 is 18.8 Å². The average Bonchev–Trinajstić information content (AvgIpc) is 2.16. The summed E-state index contributed by atoms with van der Waals surface area (Å²) in [7, 11) is -1.39. The van der Waals surface area contributed by atoms with Crippen LogP contribution < -0.4 is 0 Å². The quantitative estimate of drug-likeness (QED) is 0.647. The van der Waals surface area contributed by atoms with Gasteiger partial charge < -0.3 is 9.84 Å². The van der Waals surface area contributed by atoms with Gasteiger partial charge in [0.1, 0.15) is 4.75 Å². The number of unbranched alkanes of at least 4 members (excludes halogenated alkanes) is 1. The van der Waals surface area contributed by atoms with Gasteiger partial charge in [0.2, 0.25) is 0 Å². The summed E-state index contributed by atoms with van der Waals surface area (Å²) in [4.78, 5) is 10.8. The van der Waals surface area contributed by atoms with E-state index >= 15 is 0 Å². The minimum atomic E-state index is -1.39. The predicted octanol–water partition coefficient (Wildman–Crippen LogP) is 1.41. The number of hydrogen-bond donors (Lipinski definition) is 1. The molecule has 90 valence electrons. The second-order valence-corrected chi connectivity index (χ2v) is 5.95. The van der Waals surface area contributed by atoms with E-state index in [9.17, 15) is 9.00 Å².